The van der Waals surface area contributed by atoms with Crippen LogP contribution in [0.15, 0.2) is 48.5 Å². The van der Waals surface area contributed by atoms with Gasteiger partial charge in [0.15, 0.2) is 6.61 Å². The molecule has 2 aromatic carbocycles. The highest BCUT2D eigenvalue weighted by Gasteiger charge is 2.31. The maximum atomic E-state index is 12.9. The van der Waals surface area contributed by atoms with Crippen molar-refractivity contribution in [2.45, 2.75) is 51.7 Å². The first-order valence-electron chi connectivity index (χ1n) is 12.7. The number of rotatable bonds is 11. The molecular formula is C28H34N4O7. The molecule has 5 N–H and O–H groups in total. The smallest absolute Gasteiger partial charge is 0.407 e. The van der Waals surface area contributed by atoms with Crippen LogP contribution in [-0.4, -0.2) is 61.1 Å². The van der Waals surface area contributed by atoms with Crippen molar-refractivity contribution in [3.63, 3.8) is 0 Å². The standard InChI is InChI=1S/C28H34N4O7/c1-15(2)24(26(35)31-17(4)27(36)38-14-23(33)30-16(3)25(29)34)32-28(37)39-13-22-20-11-7-5-9-18(20)19-10-6-8-12-21(19)22/h5-12,15-17,22,24H,13-14H2,1-4H3,(H2,29,34)(H,30,33)(H,31,35)(H,32,37)/t16-,17-,24-/m0/s1. The van der Waals surface area contributed by atoms with E-state index in [1.165, 1.54) is 13.8 Å². The molecule has 39 heavy (non-hydrogen) atoms. The summed E-state index contributed by atoms with van der Waals surface area (Å²) < 4.78 is 10.4. The van der Waals surface area contributed by atoms with Crippen molar-refractivity contribution in [3.8, 4) is 11.1 Å². The Labute approximate surface area is 226 Å². The summed E-state index contributed by atoms with van der Waals surface area (Å²) in [7, 11) is 0. The van der Waals surface area contributed by atoms with Gasteiger partial charge in [-0.05, 0) is 42.0 Å². The van der Waals surface area contributed by atoms with Crippen molar-refractivity contribution in [2.24, 2.45) is 11.7 Å². The molecular weight excluding hydrogens is 504 g/mol. The maximum Gasteiger partial charge on any atom is 0.407 e. The fourth-order valence-corrected chi connectivity index (χ4v) is 4.28. The van der Waals surface area contributed by atoms with Crippen molar-refractivity contribution in [2.75, 3.05) is 13.2 Å². The average Bonchev–Trinajstić information content (AvgIpc) is 3.22. The van der Waals surface area contributed by atoms with Gasteiger partial charge in [0.05, 0.1) is 0 Å². The largest absolute Gasteiger partial charge is 0.454 e. The Morgan fingerprint density at radius 1 is 0.795 bits per heavy atom. The van der Waals surface area contributed by atoms with Gasteiger partial charge in [0.2, 0.25) is 11.8 Å². The summed E-state index contributed by atoms with van der Waals surface area (Å²) in [6.07, 6.45) is -0.763. The zero-order chi connectivity index (χ0) is 28.7. The third-order valence-electron chi connectivity index (χ3n) is 6.43. The lowest BCUT2D eigenvalue weighted by atomic mass is 9.98. The first-order valence-corrected chi connectivity index (χ1v) is 12.7. The summed E-state index contributed by atoms with van der Waals surface area (Å²) >= 11 is 0. The minimum Gasteiger partial charge on any atom is -0.454 e. The molecule has 3 rings (SSSR count). The van der Waals surface area contributed by atoms with E-state index in [4.69, 9.17) is 15.2 Å². The average molecular weight is 539 g/mol. The molecule has 0 radical (unpaired) electrons. The second kappa shape index (κ2) is 12.9. The molecule has 0 unspecified atom stereocenters. The number of nitrogens with two attached hydrogens (primary N) is 1. The SMILES string of the molecule is CC(C)[C@H](NC(=O)OCC1c2ccccc2-c2ccccc21)C(=O)N[C@@H](C)C(=O)OCC(=O)N[C@@H](C)C(N)=O. The van der Waals surface area contributed by atoms with E-state index in [1.54, 1.807) is 13.8 Å². The molecule has 4 amide bonds. The number of fused-ring (bicyclic) bond motifs is 3. The quantitative estimate of drug-likeness (QED) is 0.315. The molecule has 0 fully saturated rings. The normalized spacial score (nSPS) is 14.3. The third-order valence-corrected chi connectivity index (χ3v) is 6.43. The van der Waals surface area contributed by atoms with E-state index in [1.807, 2.05) is 48.5 Å². The van der Waals surface area contributed by atoms with Crippen molar-refractivity contribution >= 4 is 29.8 Å². The van der Waals surface area contributed by atoms with Crippen LogP contribution in [0, 0.1) is 5.92 Å². The zero-order valence-electron chi connectivity index (χ0n) is 22.4. The number of carbonyl (C=O) groups is 5. The van der Waals surface area contributed by atoms with Crippen LogP contribution in [0.4, 0.5) is 4.79 Å². The fourth-order valence-electron chi connectivity index (χ4n) is 4.28. The zero-order valence-corrected chi connectivity index (χ0v) is 22.4. The van der Waals surface area contributed by atoms with Gasteiger partial charge >= 0.3 is 12.1 Å². The molecule has 1 aliphatic rings. The minimum atomic E-state index is -1.11. The number of hydrogen-bond acceptors (Lipinski definition) is 7. The van der Waals surface area contributed by atoms with Gasteiger partial charge < -0.3 is 31.2 Å². The van der Waals surface area contributed by atoms with Gasteiger partial charge in [0.25, 0.3) is 5.91 Å². The van der Waals surface area contributed by atoms with E-state index >= 15 is 0 Å². The van der Waals surface area contributed by atoms with Crippen LogP contribution in [0.3, 0.4) is 0 Å². The van der Waals surface area contributed by atoms with Crippen LogP contribution in [0.25, 0.3) is 11.1 Å². The molecule has 11 nitrogen and oxygen atoms in total. The van der Waals surface area contributed by atoms with Gasteiger partial charge in [-0.1, -0.05) is 62.4 Å². The van der Waals surface area contributed by atoms with E-state index in [9.17, 15) is 24.0 Å². The van der Waals surface area contributed by atoms with E-state index in [-0.39, 0.29) is 18.4 Å². The molecule has 0 saturated carbocycles. The molecule has 0 aromatic heterocycles. The fraction of sp³-hybridized carbons (Fsp3) is 0.393. The Balaban J connectivity index is 1.53. The Morgan fingerprint density at radius 2 is 1.36 bits per heavy atom. The Kier molecular flexibility index (Phi) is 9.64. The van der Waals surface area contributed by atoms with Gasteiger partial charge in [-0.2, -0.15) is 0 Å². The number of ether oxygens (including phenoxy) is 2. The molecule has 0 bridgehead atoms. The molecule has 3 atom stereocenters. The lowest BCUT2D eigenvalue weighted by Gasteiger charge is -2.24. The summed E-state index contributed by atoms with van der Waals surface area (Å²) in [6.45, 7) is 5.69. The van der Waals surface area contributed by atoms with Gasteiger partial charge in [-0.25, -0.2) is 9.59 Å². The molecule has 0 heterocycles. The molecule has 0 aliphatic heterocycles. The van der Waals surface area contributed by atoms with Crippen molar-refractivity contribution < 1.29 is 33.4 Å². The van der Waals surface area contributed by atoms with Gasteiger partial charge in [0, 0.05) is 5.92 Å². The highest BCUT2D eigenvalue weighted by Crippen LogP contribution is 2.44. The molecule has 2 aromatic rings. The van der Waals surface area contributed by atoms with Gasteiger partial charge in [-0.3, -0.25) is 14.4 Å². The molecule has 1 aliphatic carbocycles. The predicted octanol–water partition coefficient (Wildman–Crippen LogP) is 1.59. The van der Waals surface area contributed by atoms with Gasteiger partial charge in [-0.15, -0.1) is 0 Å². The van der Waals surface area contributed by atoms with Crippen molar-refractivity contribution in [1.29, 1.82) is 0 Å². The predicted molar refractivity (Wildman–Crippen MR) is 142 cm³/mol. The number of hydrogen-bond donors (Lipinski definition) is 4. The highest BCUT2D eigenvalue weighted by molar-refractivity contribution is 5.91. The van der Waals surface area contributed by atoms with Crippen LogP contribution in [-0.2, 0) is 28.7 Å². The lowest BCUT2D eigenvalue weighted by Crippen LogP contribution is -2.53. The van der Waals surface area contributed by atoms with Crippen LogP contribution in [0.2, 0.25) is 0 Å². The highest BCUT2D eigenvalue weighted by atomic mass is 16.5. The maximum absolute atomic E-state index is 12.9. The number of nitrogens with one attached hydrogen (secondary N) is 3. The summed E-state index contributed by atoms with van der Waals surface area (Å²) in [4.78, 5) is 60.6. The van der Waals surface area contributed by atoms with Crippen LogP contribution >= 0.6 is 0 Å². The Hall–Kier alpha value is -4.41. The molecule has 208 valence electrons. The van der Waals surface area contributed by atoms with Gasteiger partial charge in [0.1, 0.15) is 24.7 Å². The van der Waals surface area contributed by atoms with E-state index in [0.717, 1.165) is 22.3 Å². The van der Waals surface area contributed by atoms with Crippen LogP contribution in [0.1, 0.15) is 44.7 Å². The number of amides is 4. The van der Waals surface area contributed by atoms with Crippen molar-refractivity contribution in [1.82, 2.24) is 16.0 Å². The van der Waals surface area contributed by atoms with E-state index in [0.29, 0.717) is 0 Å². The summed E-state index contributed by atoms with van der Waals surface area (Å²) in [5.74, 6) is -3.39. The summed E-state index contributed by atoms with van der Waals surface area (Å²) in [5.41, 5.74) is 9.40. The third kappa shape index (κ3) is 7.34. The first-order chi connectivity index (χ1) is 18.5. The van der Waals surface area contributed by atoms with E-state index < -0.39 is 54.5 Å². The minimum absolute atomic E-state index is 0.0887. The number of alkyl carbamates (subject to hydrolysis) is 1. The summed E-state index contributed by atoms with van der Waals surface area (Å²) in [6, 6.07) is 12.9. The van der Waals surface area contributed by atoms with Crippen LogP contribution in [0.5, 0.6) is 0 Å². The number of primary amides is 1. The molecule has 0 saturated heterocycles. The first kappa shape index (κ1) is 29.2. The monoisotopic (exact) mass is 538 g/mol. The van der Waals surface area contributed by atoms with E-state index in [2.05, 4.69) is 16.0 Å². The second-order valence-electron chi connectivity index (χ2n) is 9.72. The second-order valence-corrected chi connectivity index (χ2v) is 9.72. The number of carbonyl (C=O) groups excluding carboxylic acids is 5. The topological polar surface area (TPSA) is 166 Å². The van der Waals surface area contributed by atoms with Crippen molar-refractivity contribution in [3.05, 3.63) is 59.7 Å². The Bertz CT molecular complexity index is 1200. The number of esters is 1. The molecule has 0 spiro atoms. The lowest BCUT2D eigenvalue weighted by molar-refractivity contribution is -0.151. The molecule has 11 heteroatoms. The van der Waals surface area contributed by atoms with Crippen LogP contribution < -0.4 is 21.7 Å². The Morgan fingerprint density at radius 3 is 1.90 bits per heavy atom. The summed E-state index contributed by atoms with van der Waals surface area (Å²) in [5, 5.41) is 7.34. The number of benzene rings is 2.